The molecule has 3 N–H and O–H groups in total. The van der Waals surface area contributed by atoms with Crippen molar-refractivity contribution < 1.29 is 29.0 Å². The molecule has 2 aromatic carbocycles. The Balaban J connectivity index is 1.97. The molecule has 3 amide bonds. The van der Waals surface area contributed by atoms with Crippen molar-refractivity contribution in [1.82, 2.24) is 15.5 Å². The molecule has 2 aromatic rings. The minimum absolute atomic E-state index is 0.0436. The summed E-state index contributed by atoms with van der Waals surface area (Å²) < 4.78 is 5.83. The van der Waals surface area contributed by atoms with Gasteiger partial charge in [-0.3, -0.25) is 14.4 Å². The van der Waals surface area contributed by atoms with Crippen LogP contribution in [-0.4, -0.2) is 59.4 Å². The van der Waals surface area contributed by atoms with Crippen LogP contribution in [-0.2, 0) is 14.4 Å². The zero-order valence-electron chi connectivity index (χ0n) is 18.8. The molecule has 0 fully saturated rings. The molecule has 0 bridgehead atoms. The number of carbonyl (C=O) groups is 4. The first-order valence-electron chi connectivity index (χ1n) is 10.7. The molecule has 34 heavy (non-hydrogen) atoms. The number of carboxylic acid groups (broad SMARTS) is 1. The third kappa shape index (κ3) is 6.05. The van der Waals surface area contributed by atoms with E-state index in [4.69, 9.17) is 16.3 Å². The molecule has 3 rings (SSSR count). The Hall–Kier alpha value is -3.59. The van der Waals surface area contributed by atoms with E-state index < -0.39 is 35.9 Å². The zero-order valence-corrected chi connectivity index (χ0v) is 19.5. The second-order valence-corrected chi connectivity index (χ2v) is 8.50. The maximum Gasteiger partial charge on any atom is 0.326 e. The average molecular weight is 488 g/mol. The minimum Gasteiger partial charge on any atom is -0.491 e. The summed E-state index contributed by atoms with van der Waals surface area (Å²) in [6.45, 7) is 1.82. The highest BCUT2D eigenvalue weighted by molar-refractivity contribution is 6.31. The number of nitrogens with zero attached hydrogens (tertiary/aromatic N) is 1. The topological polar surface area (TPSA) is 125 Å². The molecular weight excluding hydrogens is 462 g/mol. The molecule has 1 aliphatic heterocycles. The fourth-order valence-electron chi connectivity index (χ4n) is 3.48. The van der Waals surface area contributed by atoms with Crippen molar-refractivity contribution in [2.45, 2.75) is 37.9 Å². The van der Waals surface area contributed by atoms with E-state index in [0.717, 1.165) is 0 Å². The van der Waals surface area contributed by atoms with Gasteiger partial charge < -0.3 is 25.4 Å². The number of fused-ring (bicyclic) bond motifs is 1. The van der Waals surface area contributed by atoms with E-state index in [1.54, 1.807) is 50.4 Å². The third-order valence-electron chi connectivity index (χ3n) is 5.62. The first-order valence-corrected chi connectivity index (χ1v) is 11.1. The molecule has 3 atom stereocenters. The third-order valence-corrected chi connectivity index (χ3v) is 5.86. The van der Waals surface area contributed by atoms with Crippen LogP contribution in [0, 0.1) is 0 Å². The summed E-state index contributed by atoms with van der Waals surface area (Å²) in [6.07, 6.45) is -0.391. The number of benzene rings is 2. The van der Waals surface area contributed by atoms with Crippen molar-refractivity contribution in [2.24, 2.45) is 0 Å². The number of carboxylic acids is 1. The van der Waals surface area contributed by atoms with Gasteiger partial charge in [0.2, 0.25) is 11.8 Å². The van der Waals surface area contributed by atoms with Crippen LogP contribution in [0.25, 0.3) is 0 Å². The Kier molecular flexibility index (Phi) is 8.12. The van der Waals surface area contributed by atoms with Gasteiger partial charge in [-0.15, -0.1) is 0 Å². The van der Waals surface area contributed by atoms with Gasteiger partial charge in [0.15, 0.2) is 0 Å². The summed E-state index contributed by atoms with van der Waals surface area (Å²) in [4.78, 5) is 52.1. The molecule has 1 heterocycles. The Morgan fingerprint density at radius 3 is 2.50 bits per heavy atom. The van der Waals surface area contributed by atoms with Crippen LogP contribution in [0.4, 0.5) is 0 Å². The monoisotopic (exact) mass is 487 g/mol. The Labute approximate surface area is 202 Å². The summed E-state index contributed by atoms with van der Waals surface area (Å²) in [5, 5.41) is 15.0. The fourth-order valence-corrected chi connectivity index (χ4v) is 3.66. The lowest BCUT2D eigenvalue weighted by molar-refractivity contribution is -0.140. The maximum atomic E-state index is 13.3. The predicted molar refractivity (Wildman–Crippen MR) is 125 cm³/mol. The van der Waals surface area contributed by atoms with Gasteiger partial charge in [0.25, 0.3) is 5.91 Å². The molecular formula is C24H26ClN3O6. The van der Waals surface area contributed by atoms with E-state index >= 15 is 0 Å². The molecule has 0 spiro atoms. The summed E-state index contributed by atoms with van der Waals surface area (Å²) in [5.41, 5.74) is 0.648. The highest BCUT2D eigenvalue weighted by atomic mass is 35.5. The van der Waals surface area contributed by atoms with Gasteiger partial charge in [0, 0.05) is 18.5 Å². The molecule has 1 aliphatic rings. The number of aliphatic carboxylic acids is 1. The van der Waals surface area contributed by atoms with Gasteiger partial charge in [-0.1, -0.05) is 41.9 Å². The van der Waals surface area contributed by atoms with Crippen molar-refractivity contribution >= 4 is 35.3 Å². The molecule has 10 heteroatoms. The van der Waals surface area contributed by atoms with E-state index in [1.807, 2.05) is 0 Å². The SMILES string of the molecule is C[C@@H]1COc2ccc(Cl)cc2C(=O)N[C@H](C(=O)O)CCC(=O)N[C@@H](c2ccccc2)C(=O)N1C. The van der Waals surface area contributed by atoms with Crippen molar-refractivity contribution in [3.8, 4) is 5.75 Å². The lowest BCUT2D eigenvalue weighted by Gasteiger charge is -2.29. The molecule has 180 valence electrons. The summed E-state index contributed by atoms with van der Waals surface area (Å²) in [7, 11) is 1.60. The van der Waals surface area contributed by atoms with Crippen LogP contribution in [0.5, 0.6) is 5.75 Å². The van der Waals surface area contributed by atoms with E-state index in [2.05, 4.69) is 10.6 Å². The number of hydrogen-bond donors (Lipinski definition) is 3. The van der Waals surface area contributed by atoms with Crippen molar-refractivity contribution in [2.75, 3.05) is 13.7 Å². The lowest BCUT2D eigenvalue weighted by atomic mass is 10.0. The minimum atomic E-state index is -1.33. The number of ether oxygens (including phenoxy) is 1. The van der Waals surface area contributed by atoms with Crippen LogP contribution >= 0.6 is 11.6 Å². The largest absolute Gasteiger partial charge is 0.491 e. The van der Waals surface area contributed by atoms with E-state index in [0.29, 0.717) is 5.56 Å². The molecule has 0 saturated carbocycles. The maximum absolute atomic E-state index is 13.3. The summed E-state index contributed by atoms with van der Waals surface area (Å²) in [6, 6.07) is 10.5. The smallest absolute Gasteiger partial charge is 0.326 e. The number of nitrogens with one attached hydrogen (secondary N) is 2. The van der Waals surface area contributed by atoms with Crippen LogP contribution in [0.15, 0.2) is 48.5 Å². The first kappa shape index (κ1) is 25.0. The number of carbonyl (C=O) groups excluding carboxylic acids is 3. The van der Waals surface area contributed by atoms with Crippen molar-refractivity contribution in [1.29, 1.82) is 0 Å². The van der Waals surface area contributed by atoms with Gasteiger partial charge in [-0.25, -0.2) is 4.79 Å². The number of rotatable bonds is 2. The van der Waals surface area contributed by atoms with Crippen LogP contribution < -0.4 is 15.4 Å². The van der Waals surface area contributed by atoms with Gasteiger partial charge in [0.05, 0.1) is 11.6 Å². The Morgan fingerprint density at radius 1 is 1.12 bits per heavy atom. The highest BCUT2D eigenvalue weighted by Crippen LogP contribution is 2.24. The van der Waals surface area contributed by atoms with E-state index in [-0.39, 0.29) is 41.7 Å². The van der Waals surface area contributed by atoms with Crippen LogP contribution in [0.3, 0.4) is 0 Å². The van der Waals surface area contributed by atoms with Gasteiger partial charge >= 0.3 is 5.97 Å². The Bertz CT molecular complexity index is 1080. The van der Waals surface area contributed by atoms with E-state index in [1.165, 1.54) is 17.0 Å². The molecule has 0 aliphatic carbocycles. The summed E-state index contributed by atoms with van der Waals surface area (Å²) in [5.74, 6) is -2.66. The number of hydrogen-bond acceptors (Lipinski definition) is 5. The second kappa shape index (κ2) is 11.0. The predicted octanol–water partition coefficient (Wildman–Crippen LogP) is 2.40. The Morgan fingerprint density at radius 2 is 1.82 bits per heavy atom. The van der Waals surface area contributed by atoms with Gasteiger partial charge in [-0.2, -0.15) is 0 Å². The fraction of sp³-hybridized carbons (Fsp3) is 0.333. The molecule has 0 unspecified atom stereocenters. The molecule has 0 aromatic heterocycles. The number of halogens is 1. The first-order chi connectivity index (χ1) is 16.2. The molecule has 0 radical (unpaired) electrons. The van der Waals surface area contributed by atoms with E-state index in [9.17, 15) is 24.3 Å². The van der Waals surface area contributed by atoms with Crippen LogP contribution in [0.1, 0.15) is 41.7 Å². The van der Waals surface area contributed by atoms with Gasteiger partial charge in [0.1, 0.15) is 24.4 Å². The van der Waals surface area contributed by atoms with Gasteiger partial charge in [-0.05, 0) is 37.1 Å². The summed E-state index contributed by atoms with van der Waals surface area (Å²) >= 11 is 6.04. The highest BCUT2D eigenvalue weighted by Gasteiger charge is 2.30. The quantitative estimate of drug-likeness (QED) is 0.597. The second-order valence-electron chi connectivity index (χ2n) is 8.06. The van der Waals surface area contributed by atoms with Crippen molar-refractivity contribution in [3.63, 3.8) is 0 Å². The standard InChI is InChI=1S/C24H26ClN3O6/c1-14-13-34-19-10-8-16(25)12-17(19)22(30)26-18(24(32)33)9-11-20(29)27-21(23(31)28(14)2)15-6-4-3-5-7-15/h3-8,10,12,14,18,21H,9,11,13H2,1-2H3,(H,26,30)(H,27,29)(H,32,33)/t14-,18+,21+/m1/s1. The lowest BCUT2D eigenvalue weighted by Crippen LogP contribution is -2.46. The molecule has 9 nitrogen and oxygen atoms in total. The van der Waals surface area contributed by atoms with Crippen molar-refractivity contribution in [3.05, 3.63) is 64.7 Å². The molecule has 0 saturated heterocycles. The average Bonchev–Trinajstić information content (AvgIpc) is 2.82. The number of likely N-dealkylation sites (N-methyl/N-ethyl adjacent to an activating group) is 1. The zero-order chi connectivity index (χ0) is 24.8. The number of amides is 3. The van der Waals surface area contributed by atoms with Crippen LogP contribution in [0.2, 0.25) is 5.02 Å². The normalized spacial score (nSPS) is 22.4.